The lowest BCUT2D eigenvalue weighted by Gasteiger charge is -2.32. The van der Waals surface area contributed by atoms with Crippen LogP contribution >= 0.6 is 11.3 Å². The first-order valence-electron chi connectivity index (χ1n) is 8.60. The first kappa shape index (κ1) is 17.4. The number of benzene rings is 2. The van der Waals surface area contributed by atoms with Crippen LogP contribution in [-0.4, -0.2) is 22.5 Å². The van der Waals surface area contributed by atoms with Crippen molar-refractivity contribution >= 4 is 28.3 Å². The number of esters is 1. The van der Waals surface area contributed by atoms with E-state index in [2.05, 4.69) is 10.3 Å². The number of rotatable bonds is 3. The third-order valence-corrected chi connectivity index (χ3v) is 5.39. The second-order valence-corrected chi connectivity index (χ2v) is 7.67. The maximum atomic E-state index is 12.8. The van der Waals surface area contributed by atoms with Crippen LogP contribution in [0.5, 0.6) is 0 Å². The summed E-state index contributed by atoms with van der Waals surface area (Å²) in [6, 6.07) is 15.2. The Morgan fingerprint density at radius 2 is 1.93 bits per heavy atom. The second kappa shape index (κ2) is 6.63. The highest BCUT2D eigenvalue weighted by Gasteiger charge is 2.42. The summed E-state index contributed by atoms with van der Waals surface area (Å²) >= 11 is 1.34. The van der Waals surface area contributed by atoms with E-state index in [1.807, 2.05) is 48.7 Å². The SMILES string of the molecule is Cc1ccc(-c2csc(NC(=O)C3(C)Cc4ccccc4C(=O)O3)n2)cc1. The number of fused-ring (bicyclic) bond motifs is 1. The van der Waals surface area contributed by atoms with Crippen molar-refractivity contribution in [2.75, 3.05) is 5.32 Å². The molecule has 0 bridgehead atoms. The van der Waals surface area contributed by atoms with E-state index in [0.29, 0.717) is 17.1 Å². The molecule has 6 heteroatoms. The molecule has 0 saturated carbocycles. The zero-order chi connectivity index (χ0) is 19.0. The number of nitrogens with one attached hydrogen (secondary N) is 1. The Bertz CT molecular complexity index is 1030. The molecule has 1 aliphatic heterocycles. The van der Waals surface area contributed by atoms with E-state index in [-0.39, 0.29) is 5.91 Å². The predicted molar refractivity (Wildman–Crippen MR) is 105 cm³/mol. The van der Waals surface area contributed by atoms with Gasteiger partial charge in [-0.25, -0.2) is 9.78 Å². The van der Waals surface area contributed by atoms with E-state index in [9.17, 15) is 9.59 Å². The molecule has 0 aliphatic carbocycles. The first-order valence-corrected chi connectivity index (χ1v) is 9.48. The Hall–Kier alpha value is -2.99. The summed E-state index contributed by atoms with van der Waals surface area (Å²) in [4.78, 5) is 29.6. The molecule has 1 aromatic heterocycles. The monoisotopic (exact) mass is 378 g/mol. The Morgan fingerprint density at radius 3 is 2.70 bits per heavy atom. The molecule has 1 aliphatic rings. The average Bonchev–Trinajstić information content (AvgIpc) is 3.10. The molecule has 0 saturated heterocycles. The van der Waals surface area contributed by atoms with Crippen LogP contribution in [0.4, 0.5) is 5.13 Å². The van der Waals surface area contributed by atoms with Gasteiger partial charge >= 0.3 is 5.97 Å². The van der Waals surface area contributed by atoms with Crippen molar-refractivity contribution in [2.45, 2.75) is 25.9 Å². The molecule has 2 heterocycles. The van der Waals surface area contributed by atoms with Crippen LogP contribution in [0, 0.1) is 6.92 Å². The molecule has 3 aromatic rings. The summed E-state index contributed by atoms with van der Waals surface area (Å²) < 4.78 is 5.46. The number of anilines is 1. The summed E-state index contributed by atoms with van der Waals surface area (Å²) in [6.45, 7) is 3.66. The number of carbonyl (C=O) groups is 2. The fraction of sp³-hybridized carbons (Fsp3) is 0.190. The van der Waals surface area contributed by atoms with Crippen LogP contribution in [0.2, 0.25) is 0 Å². The summed E-state index contributed by atoms with van der Waals surface area (Å²) in [5.74, 6) is -0.857. The number of aromatic nitrogens is 1. The highest BCUT2D eigenvalue weighted by molar-refractivity contribution is 7.14. The van der Waals surface area contributed by atoms with Crippen LogP contribution in [0.3, 0.4) is 0 Å². The van der Waals surface area contributed by atoms with Crippen molar-refractivity contribution in [3.8, 4) is 11.3 Å². The van der Waals surface area contributed by atoms with Crippen molar-refractivity contribution in [3.63, 3.8) is 0 Å². The summed E-state index contributed by atoms with van der Waals surface area (Å²) in [5.41, 5.74) is 3.02. The molecule has 136 valence electrons. The fourth-order valence-electron chi connectivity index (χ4n) is 3.08. The minimum atomic E-state index is -1.26. The van der Waals surface area contributed by atoms with Crippen LogP contribution < -0.4 is 5.32 Å². The van der Waals surface area contributed by atoms with Crippen LogP contribution in [0.15, 0.2) is 53.9 Å². The minimum absolute atomic E-state index is 0.330. The van der Waals surface area contributed by atoms with E-state index < -0.39 is 11.6 Å². The molecule has 2 aromatic carbocycles. The standard InChI is InChI=1S/C21H18N2O3S/c1-13-7-9-14(10-8-13)17-12-27-20(22-17)23-19(25)21(2)11-15-5-3-4-6-16(15)18(24)26-21/h3-10,12H,11H2,1-2H3,(H,22,23,25). The van der Waals surface area contributed by atoms with Gasteiger partial charge in [0.2, 0.25) is 0 Å². The normalized spacial score (nSPS) is 18.5. The summed E-state index contributed by atoms with van der Waals surface area (Å²) in [5, 5.41) is 5.17. The van der Waals surface area contributed by atoms with E-state index in [4.69, 9.17) is 4.74 Å². The Balaban J connectivity index is 1.53. The van der Waals surface area contributed by atoms with Crippen LogP contribution in [-0.2, 0) is 16.0 Å². The van der Waals surface area contributed by atoms with Gasteiger partial charge in [-0.15, -0.1) is 11.3 Å². The highest BCUT2D eigenvalue weighted by Crippen LogP contribution is 2.31. The topological polar surface area (TPSA) is 68.3 Å². The third-order valence-electron chi connectivity index (χ3n) is 4.64. The van der Waals surface area contributed by atoms with Gasteiger partial charge in [0.25, 0.3) is 5.91 Å². The fourth-order valence-corrected chi connectivity index (χ4v) is 3.79. The average molecular weight is 378 g/mol. The molecule has 27 heavy (non-hydrogen) atoms. The smallest absolute Gasteiger partial charge is 0.339 e. The number of aryl methyl sites for hydroxylation is 1. The van der Waals surface area contributed by atoms with Gasteiger partial charge in [0, 0.05) is 17.4 Å². The molecular weight excluding hydrogens is 360 g/mol. The number of thiazole rings is 1. The maximum absolute atomic E-state index is 12.8. The lowest BCUT2D eigenvalue weighted by molar-refractivity contribution is -0.134. The van der Waals surface area contributed by atoms with Crippen molar-refractivity contribution in [1.29, 1.82) is 0 Å². The van der Waals surface area contributed by atoms with Crippen LogP contribution in [0.25, 0.3) is 11.3 Å². The van der Waals surface area contributed by atoms with Gasteiger partial charge in [-0.2, -0.15) is 0 Å². The van der Waals surface area contributed by atoms with Gasteiger partial charge < -0.3 is 4.74 Å². The van der Waals surface area contributed by atoms with Crippen molar-refractivity contribution in [1.82, 2.24) is 4.98 Å². The highest BCUT2D eigenvalue weighted by atomic mass is 32.1. The Morgan fingerprint density at radius 1 is 1.19 bits per heavy atom. The molecule has 1 unspecified atom stereocenters. The second-order valence-electron chi connectivity index (χ2n) is 6.81. The van der Waals surface area contributed by atoms with Crippen molar-refractivity contribution < 1.29 is 14.3 Å². The Kier molecular flexibility index (Phi) is 4.28. The minimum Gasteiger partial charge on any atom is -0.445 e. The van der Waals surface area contributed by atoms with E-state index in [0.717, 1.165) is 16.8 Å². The largest absolute Gasteiger partial charge is 0.445 e. The lowest BCUT2D eigenvalue weighted by atomic mass is 9.89. The number of nitrogens with zero attached hydrogens (tertiary/aromatic N) is 1. The predicted octanol–water partition coefficient (Wildman–Crippen LogP) is 4.23. The van der Waals surface area contributed by atoms with Gasteiger partial charge in [0.05, 0.1) is 11.3 Å². The molecule has 1 atom stereocenters. The van der Waals surface area contributed by atoms with Crippen LogP contribution in [0.1, 0.15) is 28.4 Å². The van der Waals surface area contributed by atoms with Crippen molar-refractivity contribution in [3.05, 3.63) is 70.6 Å². The van der Waals surface area contributed by atoms with E-state index in [1.165, 1.54) is 16.9 Å². The number of amides is 1. The zero-order valence-electron chi connectivity index (χ0n) is 15.0. The first-order chi connectivity index (χ1) is 12.9. The zero-order valence-corrected chi connectivity index (χ0v) is 15.8. The molecule has 5 nitrogen and oxygen atoms in total. The number of hydrogen-bond acceptors (Lipinski definition) is 5. The van der Waals surface area contributed by atoms with E-state index >= 15 is 0 Å². The van der Waals surface area contributed by atoms with Gasteiger partial charge in [-0.1, -0.05) is 48.0 Å². The number of carbonyl (C=O) groups excluding carboxylic acids is 2. The number of cyclic esters (lactones) is 1. The quantitative estimate of drug-likeness (QED) is 0.693. The summed E-state index contributed by atoms with van der Waals surface area (Å²) in [7, 11) is 0. The number of hydrogen-bond donors (Lipinski definition) is 1. The van der Waals surface area contributed by atoms with E-state index in [1.54, 1.807) is 19.1 Å². The molecule has 1 amide bonds. The molecule has 0 spiro atoms. The molecular formula is C21H18N2O3S. The summed E-state index contributed by atoms with van der Waals surface area (Å²) in [6.07, 6.45) is 0.330. The Labute approximate surface area is 161 Å². The molecule has 0 radical (unpaired) electrons. The molecule has 1 N–H and O–H groups in total. The molecule has 0 fully saturated rings. The van der Waals surface area contributed by atoms with Gasteiger partial charge in [0.1, 0.15) is 0 Å². The molecule has 4 rings (SSSR count). The van der Waals surface area contributed by atoms with Gasteiger partial charge in [-0.05, 0) is 25.5 Å². The van der Waals surface area contributed by atoms with Crippen molar-refractivity contribution in [2.24, 2.45) is 0 Å². The van der Waals surface area contributed by atoms with Gasteiger partial charge in [-0.3, -0.25) is 10.1 Å². The van der Waals surface area contributed by atoms with Gasteiger partial charge in [0.15, 0.2) is 10.7 Å². The maximum Gasteiger partial charge on any atom is 0.339 e. The number of ether oxygens (including phenoxy) is 1. The third kappa shape index (κ3) is 3.36. The lowest BCUT2D eigenvalue weighted by Crippen LogP contribution is -2.48.